The number of benzene rings is 3. The topological polar surface area (TPSA) is 153 Å². The van der Waals surface area contributed by atoms with Crippen molar-refractivity contribution >= 4 is 47.7 Å². The fraction of sp³-hybridized carbons (Fsp3) is 0.333. The second-order valence-electron chi connectivity index (χ2n) is 17.6. The van der Waals surface area contributed by atoms with Crippen LogP contribution in [-0.4, -0.2) is 97.6 Å². The average molecular weight is 961 g/mol. The van der Waals surface area contributed by atoms with Gasteiger partial charge in [0, 0.05) is 25.9 Å². The highest BCUT2D eigenvalue weighted by atomic mass is 35.5. The molecule has 3 atom stereocenters. The summed E-state index contributed by atoms with van der Waals surface area (Å²) >= 11 is 0. The van der Waals surface area contributed by atoms with E-state index < -0.39 is 53.5 Å². The highest BCUT2D eigenvalue weighted by Crippen LogP contribution is 2.42. The number of quaternary nitrogens is 1. The number of nitrogens with one attached hydrogen (secondary N) is 2. The van der Waals surface area contributed by atoms with E-state index in [-0.39, 0.29) is 84.3 Å². The van der Waals surface area contributed by atoms with Gasteiger partial charge in [-0.15, -0.1) is 12.4 Å². The Morgan fingerprint density at radius 3 is 1.63 bits per heavy atom. The third kappa shape index (κ3) is 9.67. The van der Waals surface area contributed by atoms with Crippen molar-refractivity contribution in [2.75, 3.05) is 63.2 Å². The molecule has 0 saturated carbocycles. The van der Waals surface area contributed by atoms with Gasteiger partial charge in [0.15, 0.2) is 0 Å². The minimum Gasteiger partial charge on any atom is -0.333 e. The fourth-order valence-corrected chi connectivity index (χ4v) is 9.23. The van der Waals surface area contributed by atoms with Crippen LogP contribution in [-0.2, 0) is 21.9 Å². The van der Waals surface area contributed by atoms with Crippen LogP contribution in [0.5, 0.6) is 0 Å². The van der Waals surface area contributed by atoms with E-state index in [1.54, 1.807) is 52.3 Å². The van der Waals surface area contributed by atoms with Crippen molar-refractivity contribution in [3.63, 3.8) is 0 Å². The van der Waals surface area contributed by atoms with Crippen LogP contribution in [0.2, 0.25) is 0 Å². The predicted octanol–water partition coefficient (Wildman–Crippen LogP) is 7.96. The predicted molar refractivity (Wildman–Crippen MR) is 239 cm³/mol. The second-order valence-corrected chi connectivity index (χ2v) is 17.6. The highest BCUT2D eigenvalue weighted by Gasteiger charge is 2.47. The molecule has 1 aliphatic carbocycles. The number of anilines is 2. The quantitative estimate of drug-likeness (QED) is 0.139. The molecule has 6 amide bonds. The third-order valence-electron chi connectivity index (χ3n) is 12.6. The Balaban J connectivity index is 0.00000684. The number of carbonyl (C=O) groups is 4. The lowest BCUT2D eigenvalue weighted by atomic mass is 9.89. The van der Waals surface area contributed by atoms with E-state index in [4.69, 9.17) is 0 Å². The summed E-state index contributed by atoms with van der Waals surface area (Å²) in [6.07, 6.45) is -2.88. The first-order valence-electron chi connectivity index (χ1n) is 21.5. The van der Waals surface area contributed by atoms with Crippen LogP contribution in [0.3, 0.4) is 0 Å². The van der Waals surface area contributed by atoms with Crippen molar-refractivity contribution in [2.45, 2.75) is 43.7 Å². The van der Waals surface area contributed by atoms with E-state index >= 15 is 0 Å². The molecule has 4 heterocycles. The number of nitrogens with zero attached hydrogens (tertiary/aromatic N) is 7. The van der Waals surface area contributed by atoms with Gasteiger partial charge < -0.3 is 24.9 Å². The second kappa shape index (κ2) is 18.9. The summed E-state index contributed by atoms with van der Waals surface area (Å²) in [4.78, 5) is 61.3. The van der Waals surface area contributed by atoms with Gasteiger partial charge in [0.1, 0.15) is 0 Å². The van der Waals surface area contributed by atoms with Crippen LogP contribution in [0.25, 0.3) is 0 Å². The van der Waals surface area contributed by atoms with Gasteiger partial charge >= 0.3 is 24.4 Å². The number of nitriles is 2. The summed E-state index contributed by atoms with van der Waals surface area (Å²) in [7, 11) is 3.96. The lowest BCUT2D eigenvalue weighted by molar-refractivity contribution is -0.890. The van der Waals surface area contributed by atoms with E-state index in [1.165, 1.54) is 24.3 Å². The van der Waals surface area contributed by atoms with Gasteiger partial charge in [-0.25, -0.2) is 9.59 Å². The highest BCUT2D eigenvalue weighted by molar-refractivity contribution is 6.09. The number of hydrogen-bond acceptors (Lipinski definition) is 6. The van der Waals surface area contributed by atoms with Gasteiger partial charge in [-0.3, -0.25) is 19.4 Å². The van der Waals surface area contributed by atoms with Crippen molar-refractivity contribution in [3.05, 3.63) is 141 Å². The molecule has 5 aliphatic rings. The molecule has 354 valence electrons. The summed E-state index contributed by atoms with van der Waals surface area (Å²) in [5.41, 5.74) is 0.389. The molecule has 3 aromatic rings. The third-order valence-corrected chi connectivity index (χ3v) is 12.6. The van der Waals surface area contributed by atoms with Crippen LogP contribution in [0.15, 0.2) is 119 Å². The van der Waals surface area contributed by atoms with Gasteiger partial charge in [-0.05, 0) is 66.1 Å². The van der Waals surface area contributed by atoms with Crippen LogP contribution < -0.4 is 20.4 Å². The lowest BCUT2D eigenvalue weighted by Gasteiger charge is -2.34. The first-order chi connectivity index (χ1) is 31.8. The van der Waals surface area contributed by atoms with Crippen molar-refractivity contribution in [1.82, 2.24) is 20.4 Å². The van der Waals surface area contributed by atoms with E-state index in [1.807, 2.05) is 20.2 Å². The van der Waals surface area contributed by atoms with Crippen LogP contribution >= 0.6 is 12.4 Å². The van der Waals surface area contributed by atoms with Gasteiger partial charge in [0.25, 0.3) is 11.8 Å². The molecule has 4 aliphatic heterocycles. The Kier molecular flexibility index (Phi) is 13.6. The Labute approximate surface area is 393 Å². The molecule has 1 unspecified atom stereocenters. The van der Waals surface area contributed by atoms with Crippen molar-refractivity contribution in [1.29, 1.82) is 10.5 Å². The van der Waals surface area contributed by atoms with Gasteiger partial charge in [0.2, 0.25) is 0 Å². The zero-order valence-electron chi connectivity index (χ0n) is 36.7. The van der Waals surface area contributed by atoms with Crippen LogP contribution in [0.4, 0.5) is 47.3 Å². The maximum Gasteiger partial charge on any atom is 0.416 e. The molecule has 0 saturated heterocycles. The molecule has 20 heteroatoms. The smallest absolute Gasteiger partial charge is 0.333 e. The summed E-state index contributed by atoms with van der Waals surface area (Å²) in [6, 6.07) is 16.0. The minimum atomic E-state index is -4.68. The van der Waals surface area contributed by atoms with Gasteiger partial charge in [-0.2, -0.15) is 36.9 Å². The number of carbonyl (C=O) groups excluding carboxylic acids is 4. The molecule has 2 N–H and O–H groups in total. The van der Waals surface area contributed by atoms with E-state index in [2.05, 4.69) is 16.7 Å². The van der Waals surface area contributed by atoms with Crippen molar-refractivity contribution in [3.8, 4) is 12.1 Å². The number of hydrogen-bond donors (Lipinski definition) is 2. The Morgan fingerprint density at radius 2 is 1.19 bits per heavy atom. The van der Waals surface area contributed by atoms with Crippen LogP contribution in [0, 0.1) is 28.6 Å². The molecular weight excluding hydrogens is 916 g/mol. The zero-order chi connectivity index (χ0) is 48.0. The van der Waals surface area contributed by atoms with Crippen molar-refractivity contribution < 1.29 is 50.0 Å². The molecule has 13 nitrogen and oxygen atoms in total. The molecular formula is C48H45ClF6N9O4+. The van der Waals surface area contributed by atoms with Crippen LogP contribution in [0.1, 0.15) is 47.6 Å². The Morgan fingerprint density at radius 1 is 0.706 bits per heavy atom. The fourth-order valence-electron chi connectivity index (χ4n) is 9.23. The summed E-state index contributed by atoms with van der Waals surface area (Å²) in [6.45, 7) is 1.52. The minimum absolute atomic E-state index is 0. The first-order valence-corrected chi connectivity index (χ1v) is 21.5. The van der Waals surface area contributed by atoms with E-state index in [0.29, 0.717) is 53.5 Å². The summed E-state index contributed by atoms with van der Waals surface area (Å²) in [5, 5.41) is 24.3. The zero-order valence-corrected chi connectivity index (χ0v) is 37.5. The molecule has 0 bridgehead atoms. The summed E-state index contributed by atoms with van der Waals surface area (Å²) in [5.74, 6) is -1.16. The standard InChI is InChI=1S/C48H43F6N9O4.ClH/c1-63(2,21-5-19-59-27-37-39(43(59)64)41(31-15-11-29(25-55)12-16-31)57-45(66)61(37)35-9-3-7-33(23-35)47(49,50)51)22-6-20-60-28-38-40(44(60)65)42(32-17-13-30(26-56)14-18-32)58-46(67)62(38)36-10-4-8-34(24-36)48(52,53)54;/h3-4,7-13,15-18,23-24,30,41-42H,5-6,14,19-22,27-28H2,1-2H3,(H-,57,58,66,67);1H/p+1/t30?,41-,42-;/m1./s1. The van der Waals surface area contributed by atoms with Gasteiger partial charge in [0.05, 0.1) is 121 Å². The number of amides is 6. The van der Waals surface area contributed by atoms with Crippen molar-refractivity contribution in [2.24, 2.45) is 5.92 Å². The Bertz CT molecular complexity index is 2750. The molecule has 68 heavy (non-hydrogen) atoms. The monoisotopic (exact) mass is 960 g/mol. The van der Waals surface area contributed by atoms with E-state index in [9.17, 15) is 56.0 Å². The summed E-state index contributed by atoms with van der Waals surface area (Å²) < 4.78 is 83.1. The number of allylic oxidation sites excluding steroid dienone is 2. The Hall–Kier alpha value is -7.09. The molecule has 0 fully saturated rings. The number of halogens is 7. The number of rotatable bonds is 12. The maximum absolute atomic E-state index is 14.2. The van der Waals surface area contributed by atoms with Gasteiger partial charge in [-0.1, -0.05) is 42.5 Å². The molecule has 0 radical (unpaired) electrons. The maximum atomic E-state index is 14.2. The lowest BCUT2D eigenvalue weighted by Crippen LogP contribution is -2.52. The number of urea groups is 2. The first kappa shape index (κ1) is 48.8. The SMILES string of the molecule is C[N+](C)(CCCN1CC2=C(C1=O)[C@@H](C1=CCC(C#N)C=C1)NC(=O)N2c1cccc(C(F)(F)F)c1)CCCN1CC2=C(C1=O)[C@@H](c1ccc(C#N)cc1)NC(=O)N2c1cccc(C(F)(F)F)c1.Cl. The molecule has 0 spiro atoms. The largest absolute Gasteiger partial charge is 0.416 e. The molecule has 3 aromatic carbocycles. The molecule has 0 aromatic heterocycles. The van der Waals surface area contributed by atoms with E-state index in [0.717, 1.165) is 34.1 Å². The normalized spacial score (nSPS) is 20.7. The average Bonchev–Trinajstić information content (AvgIpc) is 3.79. The number of alkyl halides is 6. The molecule has 8 rings (SSSR count).